The molecular weight excluding hydrogens is 264 g/mol. The van der Waals surface area contributed by atoms with Crippen molar-refractivity contribution < 1.29 is 9.53 Å². The second-order valence-corrected chi connectivity index (χ2v) is 5.71. The average Bonchev–Trinajstić information content (AvgIpc) is 2.45. The molecule has 0 radical (unpaired) electrons. The third-order valence-electron chi connectivity index (χ3n) is 4.12. The van der Waals surface area contributed by atoms with Gasteiger partial charge in [0, 0.05) is 18.2 Å². The molecule has 2 unspecified atom stereocenters. The first-order valence-corrected chi connectivity index (χ1v) is 7.47. The van der Waals surface area contributed by atoms with E-state index >= 15 is 0 Å². The summed E-state index contributed by atoms with van der Waals surface area (Å²) < 4.78 is 5.12. The molecule has 0 spiro atoms. The van der Waals surface area contributed by atoms with Gasteiger partial charge in [0.15, 0.2) is 0 Å². The summed E-state index contributed by atoms with van der Waals surface area (Å²) in [6.45, 7) is 4.24. The summed E-state index contributed by atoms with van der Waals surface area (Å²) in [5, 5.41) is 0. The molecule has 1 fully saturated rings. The number of amides is 1. The van der Waals surface area contributed by atoms with Gasteiger partial charge in [-0.2, -0.15) is 0 Å². The molecule has 1 heterocycles. The number of likely N-dealkylation sites (tertiary alicyclic amines) is 1. The van der Waals surface area contributed by atoms with Crippen molar-refractivity contribution >= 4 is 17.7 Å². The van der Waals surface area contributed by atoms with Crippen LogP contribution >= 0.6 is 0 Å². The Bertz CT molecular complexity index is 530. The van der Waals surface area contributed by atoms with Crippen molar-refractivity contribution in [3.8, 4) is 5.75 Å². The maximum atomic E-state index is 12.4. The number of methoxy groups -OCH3 is 1. The van der Waals surface area contributed by atoms with Crippen LogP contribution in [0, 0.1) is 0 Å². The molecule has 0 saturated carbocycles. The van der Waals surface area contributed by atoms with Crippen LogP contribution < -0.4 is 10.5 Å². The van der Waals surface area contributed by atoms with Crippen molar-refractivity contribution in [3.05, 3.63) is 29.8 Å². The highest BCUT2D eigenvalue weighted by Crippen LogP contribution is 2.24. The van der Waals surface area contributed by atoms with Gasteiger partial charge in [0.2, 0.25) is 5.91 Å². The molecule has 1 aromatic carbocycles. The van der Waals surface area contributed by atoms with E-state index in [1.165, 1.54) is 6.42 Å². The number of hydrogen-bond donors (Lipinski definition) is 1. The first-order valence-electron chi connectivity index (χ1n) is 7.47. The van der Waals surface area contributed by atoms with Crippen molar-refractivity contribution in [1.29, 1.82) is 0 Å². The zero-order chi connectivity index (χ0) is 15.4. The number of nitrogens with zero attached hydrogens (tertiary/aromatic N) is 1. The van der Waals surface area contributed by atoms with Crippen molar-refractivity contribution in [3.63, 3.8) is 0 Å². The second-order valence-electron chi connectivity index (χ2n) is 5.71. The van der Waals surface area contributed by atoms with Gasteiger partial charge in [-0.05, 0) is 56.9 Å². The minimum Gasteiger partial charge on any atom is -0.495 e. The molecule has 0 bridgehead atoms. The van der Waals surface area contributed by atoms with Crippen LogP contribution in [0.5, 0.6) is 5.75 Å². The molecule has 2 atom stereocenters. The van der Waals surface area contributed by atoms with E-state index in [-0.39, 0.29) is 5.91 Å². The molecule has 0 aliphatic carbocycles. The molecule has 2 rings (SSSR count). The summed E-state index contributed by atoms with van der Waals surface area (Å²) in [6, 6.07) is 6.14. The Balaban J connectivity index is 2.09. The molecule has 114 valence electrons. The summed E-state index contributed by atoms with van der Waals surface area (Å²) in [5.74, 6) is 0.723. The number of ether oxygens (including phenoxy) is 1. The lowest BCUT2D eigenvalue weighted by molar-refractivity contribution is -0.131. The maximum absolute atomic E-state index is 12.4. The van der Waals surface area contributed by atoms with Crippen LogP contribution in [0.3, 0.4) is 0 Å². The lowest BCUT2D eigenvalue weighted by Crippen LogP contribution is -2.46. The highest BCUT2D eigenvalue weighted by atomic mass is 16.5. The number of rotatable bonds is 3. The second kappa shape index (κ2) is 6.66. The van der Waals surface area contributed by atoms with Gasteiger partial charge in [-0.15, -0.1) is 0 Å². The summed E-state index contributed by atoms with van der Waals surface area (Å²) in [4.78, 5) is 14.4. The van der Waals surface area contributed by atoms with Gasteiger partial charge in [0.05, 0.1) is 12.8 Å². The highest BCUT2D eigenvalue weighted by Gasteiger charge is 2.27. The Morgan fingerprint density at radius 1 is 1.33 bits per heavy atom. The largest absolute Gasteiger partial charge is 0.495 e. The van der Waals surface area contributed by atoms with Crippen LogP contribution in [0.2, 0.25) is 0 Å². The summed E-state index contributed by atoms with van der Waals surface area (Å²) in [7, 11) is 1.59. The molecule has 1 aliphatic heterocycles. The minimum absolute atomic E-state index is 0.0732. The van der Waals surface area contributed by atoms with E-state index in [9.17, 15) is 4.79 Å². The number of hydrogen-bond acceptors (Lipinski definition) is 3. The number of anilines is 1. The molecule has 2 N–H and O–H groups in total. The summed E-state index contributed by atoms with van der Waals surface area (Å²) in [5.41, 5.74) is 7.35. The Kier molecular flexibility index (Phi) is 4.89. The van der Waals surface area contributed by atoms with Crippen LogP contribution in [0.4, 0.5) is 5.69 Å². The van der Waals surface area contributed by atoms with Crippen LogP contribution in [-0.2, 0) is 4.79 Å². The van der Waals surface area contributed by atoms with E-state index in [0.29, 0.717) is 23.5 Å². The van der Waals surface area contributed by atoms with Gasteiger partial charge in [0.25, 0.3) is 0 Å². The SMILES string of the molecule is COc1ccc(/C=C\C(=O)N2C(C)CCCC2C)cc1N. The Morgan fingerprint density at radius 2 is 2.00 bits per heavy atom. The number of nitrogens with two attached hydrogens (primary N) is 1. The lowest BCUT2D eigenvalue weighted by atomic mass is 9.97. The molecule has 1 aliphatic rings. The van der Waals surface area contributed by atoms with E-state index in [1.807, 2.05) is 29.2 Å². The number of carbonyl (C=O) groups excluding carboxylic acids is 1. The van der Waals surface area contributed by atoms with Gasteiger partial charge in [0.1, 0.15) is 5.75 Å². The third kappa shape index (κ3) is 3.57. The average molecular weight is 288 g/mol. The van der Waals surface area contributed by atoms with E-state index in [4.69, 9.17) is 10.5 Å². The minimum atomic E-state index is 0.0732. The van der Waals surface area contributed by atoms with Crippen LogP contribution in [-0.4, -0.2) is 30.0 Å². The quantitative estimate of drug-likeness (QED) is 0.687. The molecule has 21 heavy (non-hydrogen) atoms. The fraction of sp³-hybridized carbons (Fsp3) is 0.471. The summed E-state index contributed by atoms with van der Waals surface area (Å²) in [6.07, 6.45) is 6.81. The normalized spacial score (nSPS) is 22.5. The molecule has 1 aromatic rings. The lowest BCUT2D eigenvalue weighted by Gasteiger charge is -2.38. The fourth-order valence-electron chi connectivity index (χ4n) is 2.97. The van der Waals surface area contributed by atoms with Gasteiger partial charge in [-0.3, -0.25) is 4.79 Å². The number of benzene rings is 1. The van der Waals surface area contributed by atoms with Crippen molar-refractivity contribution in [2.24, 2.45) is 0 Å². The highest BCUT2D eigenvalue weighted by molar-refractivity contribution is 5.92. The molecular formula is C17H24N2O2. The maximum Gasteiger partial charge on any atom is 0.247 e. The zero-order valence-corrected chi connectivity index (χ0v) is 13.0. The Hall–Kier alpha value is -1.97. The molecule has 0 aromatic heterocycles. The van der Waals surface area contributed by atoms with Crippen molar-refractivity contribution in [2.45, 2.75) is 45.2 Å². The smallest absolute Gasteiger partial charge is 0.247 e. The van der Waals surface area contributed by atoms with E-state index in [0.717, 1.165) is 18.4 Å². The first-order chi connectivity index (χ1) is 10.0. The molecule has 1 saturated heterocycles. The Labute approximate surface area is 126 Å². The third-order valence-corrected chi connectivity index (χ3v) is 4.12. The fourth-order valence-corrected chi connectivity index (χ4v) is 2.97. The van der Waals surface area contributed by atoms with Crippen LogP contribution in [0.25, 0.3) is 6.08 Å². The zero-order valence-electron chi connectivity index (χ0n) is 13.0. The van der Waals surface area contributed by atoms with Crippen LogP contribution in [0.15, 0.2) is 24.3 Å². The van der Waals surface area contributed by atoms with Gasteiger partial charge >= 0.3 is 0 Å². The predicted molar refractivity (Wildman–Crippen MR) is 86.1 cm³/mol. The molecule has 4 nitrogen and oxygen atoms in total. The van der Waals surface area contributed by atoms with Crippen LogP contribution in [0.1, 0.15) is 38.7 Å². The summed E-state index contributed by atoms with van der Waals surface area (Å²) >= 11 is 0. The van der Waals surface area contributed by atoms with E-state index in [1.54, 1.807) is 13.2 Å². The number of piperidine rings is 1. The number of nitrogen functional groups attached to an aromatic ring is 1. The van der Waals surface area contributed by atoms with Gasteiger partial charge < -0.3 is 15.4 Å². The molecule has 4 heteroatoms. The van der Waals surface area contributed by atoms with E-state index < -0.39 is 0 Å². The monoisotopic (exact) mass is 288 g/mol. The van der Waals surface area contributed by atoms with Gasteiger partial charge in [-0.1, -0.05) is 6.07 Å². The number of carbonyl (C=O) groups is 1. The van der Waals surface area contributed by atoms with Crippen molar-refractivity contribution in [2.75, 3.05) is 12.8 Å². The van der Waals surface area contributed by atoms with Gasteiger partial charge in [-0.25, -0.2) is 0 Å². The topological polar surface area (TPSA) is 55.6 Å². The Morgan fingerprint density at radius 3 is 2.57 bits per heavy atom. The standard InChI is InChI=1S/C17H24N2O2/c1-12-5-4-6-13(2)19(12)17(20)10-8-14-7-9-16(21-3)15(18)11-14/h7-13H,4-6,18H2,1-3H3/b10-8-. The first kappa shape index (κ1) is 15.4. The molecule has 1 amide bonds. The van der Waals surface area contributed by atoms with Crippen molar-refractivity contribution in [1.82, 2.24) is 4.90 Å². The predicted octanol–water partition coefficient (Wildman–Crippen LogP) is 3.08. The van der Waals surface area contributed by atoms with E-state index in [2.05, 4.69) is 13.8 Å².